The molecule has 120 valence electrons. The lowest BCUT2D eigenvalue weighted by atomic mass is 10.1. The molecule has 0 saturated carbocycles. The molecule has 0 radical (unpaired) electrons. The van der Waals surface area contributed by atoms with Gasteiger partial charge in [-0.2, -0.15) is 0 Å². The molecule has 1 unspecified atom stereocenters. The average molecular weight is 352 g/mol. The molecule has 2 rings (SSSR count). The predicted molar refractivity (Wildman–Crippen MR) is 90.8 cm³/mol. The highest BCUT2D eigenvalue weighted by Crippen LogP contribution is 2.17. The van der Waals surface area contributed by atoms with E-state index >= 15 is 0 Å². The number of nitrogens with one attached hydrogen (secondary N) is 1. The number of hydrogen-bond donors (Lipinski definition) is 1. The molecule has 0 heterocycles. The van der Waals surface area contributed by atoms with Gasteiger partial charge in [0.05, 0.1) is 6.42 Å². The first-order valence-electron chi connectivity index (χ1n) is 6.95. The smallest absolute Gasteiger partial charge is 0.311 e. The number of anilines is 1. The number of carbonyl (C=O) groups excluding carboxylic acids is 2. The Bertz CT molecular complexity index is 701. The van der Waals surface area contributed by atoms with Gasteiger partial charge in [0.25, 0.3) is 5.91 Å². The summed E-state index contributed by atoms with van der Waals surface area (Å²) in [6.07, 6.45) is -0.904. The molecule has 4 nitrogen and oxygen atoms in total. The van der Waals surface area contributed by atoms with Crippen molar-refractivity contribution in [3.63, 3.8) is 0 Å². The Morgan fingerprint density at radius 1 is 1.09 bits per heavy atom. The summed E-state index contributed by atoms with van der Waals surface area (Å²) in [5, 5.41) is 3.71. The van der Waals surface area contributed by atoms with Crippen LogP contribution in [0.15, 0.2) is 48.5 Å². The molecule has 0 aromatic heterocycles. The Labute approximate surface area is 144 Å². The SMILES string of the molecule is CC(OC(=O)Cc1ccccc1Cl)C(=O)Nc1ccc(Cl)cc1. The van der Waals surface area contributed by atoms with Crippen molar-refractivity contribution in [1.82, 2.24) is 0 Å². The number of benzene rings is 2. The first-order chi connectivity index (χ1) is 11.0. The fourth-order valence-corrected chi connectivity index (χ4v) is 2.20. The van der Waals surface area contributed by atoms with E-state index in [0.29, 0.717) is 21.3 Å². The van der Waals surface area contributed by atoms with Crippen LogP contribution in [0, 0.1) is 0 Å². The third-order valence-corrected chi connectivity index (χ3v) is 3.70. The van der Waals surface area contributed by atoms with Crippen molar-refractivity contribution in [3.05, 3.63) is 64.1 Å². The second-order valence-corrected chi connectivity index (χ2v) is 5.74. The molecule has 1 amide bonds. The summed E-state index contributed by atoms with van der Waals surface area (Å²) >= 11 is 11.8. The standard InChI is InChI=1S/C17H15Cl2NO3/c1-11(17(22)20-14-8-6-13(18)7-9-14)23-16(21)10-12-4-2-3-5-15(12)19/h2-9,11H,10H2,1H3,(H,20,22). The number of rotatable bonds is 5. The minimum absolute atomic E-state index is 0.0121. The maximum atomic E-state index is 12.0. The van der Waals surface area contributed by atoms with Crippen molar-refractivity contribution in [2.45, 2.75) is 19.4 Å². The van der Waals surface area contributed by atoms with E-state index in [1.54, 1.807) is 48.5 Å². The lowest BCUT2D eigenvalue weighted by Gasteiger charge is -2.14. The Balaban J connectivity index is 1.89. The highest BCUT2D eigenvalue weighted by atomic mass is 35.5. The van der Waals surface area contributed by atoms with Gasteiger partial charge < -0.3 is 10.1 Å². The highest BCUT2D eigenvalue weighted by Gasteiger charge is 2.18. The monoisotopic (exact) mass is 351 g/mol. The van der Waals surface area contributed by atoms with Gasteiger partial charge in [-0.3, -0.25) is 9.59 Å². The molecular formula is C17H15Cl2NO3. The molecule has 0 saturated heterocycles. The van der Waals surface area contributed by atoms with Crippen LogP contribution in [0.25, 0.3) is 0 Å². The van der Waals surface area contributed by atoms with E-state index in [1.807, 2.05) is 0 Å². The summed E-state index contributed by atoms with van der Waals surface area (Å²) in [6.45, 7) is 1.51. The van der Waals surface area contributed by atoms with Crippen molar-refractivity contribution in [2.75, 3.05) is 5.32 Å². The zero-order valence-corrected chi connectivity index (χ0v) is 13.9. The minimum atomic E-state index is -0.916. The average Bonchev–Trinajstić information content (AvgIpc) is 2.51. The van der Waals surface area contributed by atoms with Gasteiger partial charge in [0.1, 0.15) is 0 Å². The zero-order valence-electron chi connectivity index (χ0n) is 12.4. The van der Waals surface area contributed by atoms with Gasteiger partial charge in [0.15, 0.2) is 6.10 Å². The second kappa shape index (κ2) is 7.99. The quantitative estimate of drug-likeness (QED) is 0.824. The number of carbonyl (C=O) groups is 2. The summed E-state index contributed by atoms with van der Waals surface area (Å²) in [5.41, 5.74) is 1.23. The normalized spacial score (nSPS) is 11.6. The Morgan fingerprint density at radius 3 is 2.39 bits per heavy atom. The zero-order chi connectivity index (χ0) is 16.8. The highest BCUT2D eigenvalue weighted by molar-refractivity contribution is 6.31. The van der Waals surface area contributed by atoms with Gasteiger partial charge in [-0.05, 0) is 42.8 Å². The molecule has 0 aliphatic rings. The first kappa shape index (κ1) is 17.3. The van der Waals surface area contributed by atoms with E-state index in [1.165, 1.54) is 6.92 Å². The van der Waals surface area contributed by atoms with Gasteiger partial charge in [0, 0.05) is 15.7 Å². The molecule has 1 N–H and O–H groups in total. The molecule has 1 atom stereocenters. The Kier molecular flexibility index (Phi) is 6.02. The molecule has 2 aromatic rings. The molecule has 0 spiro atoms. The van der Waals surface area contributed by atoms with Crippen molar-refractivity contribution < 1.29 is 14.3 Å². The number of esters is 1. The van der Waals surface area contributed by atoms with Crippen LogP contribution < -0.4 is 5.32 Å². The lowest BCUT2D eigenvalue weighted by Crippen LogP contribution is -2.30. The van der Waals surface area contributed by atoms with Crippen LogP contribution in [0.4, 0.5) is 5.69 Å². The van der Waals surface area contributed by atoms with E-state index in [-0.39, 0.29) is 6.42 Å². The molecule has 0 fully saturated rings. The van der Waals surface area contributed by atoms with Crippen molar-refractivity contribution >= 4 is 40.8 Å². The Morgan fingerprint density at radius 2 is 1.74 bits per heavy atom. The van der Waals surface area contributed by atoms with Gasteiger partial charge in [0.2, 0.25) is 0 Å². The van der Waals surface area contributed by atoms with E-state index < -0.39 is 18.0 Å². The summed E-state index contributed by atoms with van der Waals surface area (Å²) in [4.78, 5) is 23.9. The van der Waals surface area contributed by atoms with E-state index in [9.17, 15) is 9.59 Å². The molecular weight excluding hydrogens is 337 g/mol. The number of hydrogen-bond acceptors (Lipinski definition) is 3. The van der Waals surface area contributed by atoms with Gasteiger partial charge in [-0.1, -0.05) is 41.4 Å². The maximum absolute atomic E-state index is 12.0. The van der Waals surface area contributed by atoms with Crippen molar-refractivity contribution in [2.24, 2.45) is 0 Å². The van der Waals surface area contributed by atoms with Crippen LogP contribution in [-0.4, -0.2) is 18.0 Å². The Hall–Kier alpha value is -2.04. The summed E-state index contributed by atoms with van der Waals surface area (Å²) < 4.78 is 5.13. The van der Waals surface area contributed by atoms with Crippen LogP contribution in [0.3, 0.4) is 0 Å². The predicted octanol–water partition coefficient (Wildman–Crippen LogP) is 4.11. The van der Waals surface area contributed by atoms with E-state index in [2.05, 4.69) is 5.32 Å². The number of halogens is 2. The van der Waals surface area contributed by atoms with Crippen molar-refractivity contribution in [1.29, 1.82) is 0 Å². The third-order valence-electron chi connectivity index (χ3n) is 3.08. The fraction of sp³-hybridized carbons (Fsp3) is 0.176. The van der Waals surface area contributed by atoms with Crippen LogP contribution in [-0.2, 0) is 20.7 Å². The maximum Gasteiger partial charge on any atom is 0.311 e. The largest absolute Gasteiger partial charge is 0.452 e. The van der Waals surface area contributed by atoms with Crippen LogP contribution >= 0.6 is 23.2 Å². The minimum Gasteiger partial charge on any atom is -0.452 e. The number of amides is 1. The number of ether oxygens (including phenoxy) is 1. The molecule has 23 heavy (non-hydrogen) atoms. The van der Waals surface area contributed by atoms with E-state index in [4.69, 9.17) is 27.9 Å². The fourth-order valence-electron chi connectivity index (χ4n) is 1.87. The van der Waals surface area contributed by atoms with Gasteiger partial charge in [-0.15, -0.1) is 0 Å². The molecule has 6 heteroatoms. The van der Waals surface area contributed by atoms with Crippen LogP contribution in [0.1, 0.15) is 12.5 Å². The van der Waals surface area contributed by atoms with Crippen LogP contribution in [0.5, 0.6) is 0 Å². The van der Waals surface area contributed by atoms with Crippen LogP contribution in [0.2, 0.25) is 10.0 Å². The topological polar surface area (TPSA) is 55.4 Å². The van der Waals surface area contributed by atoms with E-state index in [0.717, 1.165) is 0 Å². The molecule has 2 aromatic carbocycles. The summed E-state index contributed by atoms with van der Waals surface area (Å²) in [7, 11) is 0. The third kappa shape index (κ3) is 5.27. The van der Waals surface area contributed by atoms with Gasteiger partial charge >= 0.3 is 5.97 Å². The van der Waals surface area contributed by atoms with Crippen molar-refractivity contribution in [3.8, 4) is 0 Å². The molecule has 0 bridgehead atoms. The summed E-state index contributed by atoms with van der Waals surface area (Å²) in [5.74, 6) is -0.934. The summed E-state index contributed by atoms with van der Waals surface area (Å²) in [6, 6.07) is 13.6. The molecule has 0 aliphatic carbocycles. The van der Waals surface area contributed by atoms with Gasteiger partial charge in [-0.25, -0.2) is 0 Å². The molecule has 0 aliphatic heterocycles. The lowest BCUT2D eigenvalue weighted by molar-refractivity contribution is -0.152. The first-order valence-corrected chi connectivity index (χ1v) is 7.70. The second-order valence-electron chi connectivity index (χ2n) is 4.90.